The minimum absolute atomic E-state index is 0.0551. The summed E-state index contributed by atoms with van der Waals surface area (Å²) in [5.74, 6) is 0.177. The lowest BCUT2D eigenvalue weighted by Crippen LogP contribution is -2.27. The molecule has 1 heterocycles. The van der Waals surface area contributed by atoms with Gasteiger partial charge in [0.2, 0.25) is 5.91 Å². The van der Waals surface area contributed by atoms with Crippen LogP contribution in [-0.4, -0.2) is 29.5 Å². The highest BCUT2D eigenvalue weighted by molar-refractivity contribution is 6.34. The van der Waals surface area contributed by atoms with Crippen molar-refractivity contribution in [3.05, 3.63) is 29.8 Å². The number of rotatable bonds is 3. The van der Waals surface area contributed by atoms with Crippen molar-refractivity contribution in [3.8, 4) is 0 Å². The first-order chi connectivity index (χ1) is 8.54. The summed E-state index contributed by atoms with van der Waals surface area (Å²) in [5.41, 5.74) is 2.09. The molecule has 0 radical (unpaired) electrons. The van der Waals surface area contributed by atoms with Crippen LogP contribution in [0.25, 0.3) is 0 Å². The number of halogens is 1. The fourth-order valence-corrected chi connectivity index (χ4v) is 2.47. The Hall–Kier alpha value is -1.06. The zero-order valence-electron chi connectivity index (χ0n) is 10.6. The first-order valence-electron chi connectivity index (χ1n) is 6.21. The maximum absolute atomic E-state index is 12.0. The summed E-state index contributed by atoms with van der Waals surface area (Å²) in [5, 5.41) is 8.56. The van der Waals surface area contributed by atoms with E-state index in [0.717, 1.165) is 5.69 Å². The molecule has 0 unspecified atom stereocenters. The van der Waals surface area contributed by atoms with E-state index in [1.165, 1.54) is 5.56 Å². The molecule has 1 aromatic rings. The normalized spacial score (nSPS) is 24.1. The molecule has 1 saturated heterocycles. The summed E-state index contributed by atoms with van der Waals surface area (Å²) >= 11 is 6.00. The molecule has 4 heteroatoms. The van der Waals surface area contributed by atoms with Gasteiger partial charge in [0.1, 0.15) is 5.38 Å². The Morgan fingerprint density at radius 3 is 2.44 bits per heavy atom. The van der Waals surface area contributed by atoms with Gasteiger partial charge in [0, 0.05) is 24.8 Å². The fraction of sp³-hybridized carbons (Fsp3) is 0.500. The lowest BCUT2D eigenvalue weighted by Gasteiger charge is -2.17. The van der Waals surface area contributed by atoms with Crippen molar-refractivity contribution in [2.45, 2.75) is 25.1 Å². The highest BCUT2D eigenvalue weighted by atomic mass is 35.5. The predicted molar refractivity (Wildman–Crippen MR) is 73.1 cm³/mol. The van der Waals surface area contributed by atoms with Gasteiger partial charge in [0.15, 0.2) is 0 Å². The molecule has 2 rings (SSSR count). The Balaban J connectivity index is 2.20. The van der Waals surface area contributed by atoms with Gasteiger partial charge in [-0.3, -0.25) is 4.79 Å². The molecule has 0 bridgehead atoms. The van der Waals surface area contributed by atoms with Gasteiger partial charge in [0.05, 0.1) is 0 Å². The van der Waals surface area contributed by atoms with E-state index in [1.54, 1.807) is 4.90 Å². The number of amides is 1. The summed E-state index contributed by atoms with van der Waals surface area (Å²) in [6, 6.07) is 7.94. The maximum Gasteiger partial charge on any atom is 0.245 e. The Bertz CT molecular complexity index is 430. The Morgan fingerprint density at radius 2 is 2.00 bits per heavy atom. The highest BCUT2D eigenvalue weighted by Crippen LogP contribution is 2.29. The molecule has 1 fully saturated rings. The average molecular weight is 268 g/mol. The monoisotopic (exact) mass is 267 g/mol. The number of carbonyl (C=O) groups is 1. The van der Waals surface area contributed by atoms with Crippen molar-refractivity contribution in [1.82, 2.24) is 0 Å². The number of hydrogen-bond donors (Lipinski definition) is 1. The second kappa shape index (κ2) is 5.29. The number of hydrogen-bond acceptors (Lipinski definition) is 2. The minimum Gasteiger partial charge on any atom is -0.396 e. The summed E-state index contributed by atoms with van der Waals surface area (Å²) in [6.45, 7) is 4.70. The van der Waals surface area contributed by atoms with Gasteiger partial charge in [-0.1, -0.05) is 26.0 Å². The van der Waals surface area contributed by atoms with Crippen molar-refractivity contribution in [1.29, 1.82) is 0 Å². The molecule has 2 atom stereocenters. The number of anilines is 1. The third-order valence-corrected chi connectivity index (χ3v) is 3.98. The zero-order chi connectivity index (χ0) is 13.3. The van der Waals surface area contributed by atoms with Crippen LogP contribution in [0.4, 0.5) is 5.69 Å². The van der Waals surface area contributed by atoms with Gasteiger partial charge >= 0.3 is 0 Å². The van der Waals surface area contributed by atoms with Gasteiger partial charge in [-0.05, 0) is 23.6 Å². The number of carbonyl (C=O) groups excluding carboxylic acids is 1. The van der Waals surface area contributed by atoms with E-state index < -0.39 is 5.38 Å². The van der Waals surface area contributed by atoms with Crippen LogP contribution in [0.1, 0.15) is 25.3 Å². The van der Waals surface area contributed by atoms with Crippen molar-refractivity contribution in [3.63, 3.8) is 0 Å². The quantitative estimate of drug-likeness (QED) is 0.855. The van der Waals surface area contributed by atoms with E-state index in [-0.39, 0.29) is 18.4 Å². The number of alkyl halides is 1. The van der Waals surface area contributed by atoms with Gasteiger partial charge < -0.3 is 10.0 Å². The van der Waals surface area contributed by atoms with Gasteiger partial charge in [-0.2, -0.15) is 0 Å². The van der Waals surface area contributed by atoms with Crippen LogP contribution >= 0.6 is 11.6 Å². The standard InChI is InChI=1S/C14H18ClNO2/c1-9(2)10-3-5-12(6-4-10)16-7-11(8-17)13(15)14(16)18/h3-6,9,11,13,17H,7-8H2,1-2H3/t11-,13+/m0/s1. The van der Waals surface area contributed by atoms with Gasteiger partial charge in [-0.15, -0.1) is 11.6 Å². The molecule has 0 aliphatic carbocycles. The van der Waals surface area contributed by atoms with Crippen LogP contribution in [0.3, 0.4) is 0 Å². The summed E-state index contributed by atoms with van der Waals surface area (Å²) in [4.78, 5) is 13.6. The molecule has 1 N–H and O–H groups in total. The zero-order valence-corrected chi connectivity index (χ0v) is 11.4. The lowest BCUT2D eigenvalue weighted by molar-refractivity contribution is -0.117. The third-order valence-electron chi connectivity index (χ3n) is 3.44. The van der Waals surface area contributed by atoms with Crippen LogP contribution in [0.5, 0.6) is 0 Å². The van der Waals surface area contributed by atoms with Crippen LogP contribution in [0, 0.1) is 5.92 Å². The van der Waals surface area contributed by atoms with Gasteiger partial charge in [0.25, 0.3) is 0 Å². The number of aliphatic hydroxyl groups is 1. The van der Waals surface area contributed by atoms with Crippen molar-refractivity contribution < 1.29 is 9.90 Å². The van der Waals surface area contributed by atoms with Crippen LogP contribution < -0.4 is 4.90 Å². The predicted octanol–water partition coefficient (Wildman–Crippen LogP) is 2.37. The third kappa shape index (κ3) is 2.38. The van der Waals surface area contributed by atoms with Gasteiger partial charge in [-0.25, -0.2) is 0 Å². The Kier molecular flexibility index (Phi) is 3.93. The second-order valence-corrected chi connectivity index (χ2v) is 5.51. The van der Waals surface area contributed by atoms with E-state index in [2.05, 4.69) is 13.8 Å². The maximum atomic E-state index is 12.0. The van der Waals surface area contributed by atoms with E-state index >= 15 is 0 Å². The Labute approximate surface area is 112 Å². The molecule has 1 amide bonds. The van der Waals surface area contributed by atoms with Crippen LogP contribution in [0.15, 0.2) is 24.3 Å². The van der Waals surface area contributed by atoms with Crippen molar-refractivity contribution in [2.24, 2.45) is 5.92 Å². The molecule has 1 aromatic carbocycles. The highest BCUT2D eigenvalue weighted by Gasteiger charge is 2.39. The van der Waals surface area contributed by atoms with Crippen LogP contribution in [-0.2, 0) is 4.79 Å². The number of aliphatic hydroxyl groups excluding tert-OH is 1. The first-order valence-corrected chi connectivity index (χ1v) is 6.64. The van der Waals surface area contributed by atoms with E-state index in [0.29, 0.717) is 12.5 Å². The molecular weight excluding hydrogens is 250 g/mol. The van der Waals surface area contributed by atoms with Crippen molar-refractivity contribution in [2.75, 3.05) is 18.1 Å². The topological polar surface area (TPSA) is 40.5 Å². The Morgan fingerprint density at radius 1 is 1.39 bits per heavy atom. The fourth-order valence-electron chi connectivity index (χ4n) is 2.19. The molecule has 3 nitrogen and oxygen atoms in total. The van der Waals surface area contributed by atoms with Crippen LogP contribution in [0.2, 0.25) is 0 Å². The molecule has 18 heavy (non-hydrogen) atoms. The van der Waals surface area contributed by atoms with E-state index in [1.807, 2.05) is 24.3 Å². The largest absolute Gasteiger partial charge is 0.396 e. The molecular formula is C14H18ClNO2. The second-order valence-electron chi connectivity index (χ2n) is 5.04. The molecule has 0 spiro atoms. The molecule has 0 saturated carbocycles. The summed E-state index contributed by atoms with van der Waals surface area (Å²) < 4.78 is 0. The van der Waals surface area contributed by atoms with E-state index in [9.17, 15) is 9.90 Å². The first kappa shape index (κ1) is 13.4. The lowest BCUT2D eigenvalue weighted by atomic mass is 10.0. The van der Waals surface area contributed by atoms with E-state index in [4.69, 9.17) is 11.6 Å². The number of benzene rings is 1. The molecule has 1 aliphatic heterocycles. The summed E-state index contributed by atoms with van der Waals surface area (Å²) in [6.07, 6.45) is 0. The molecule has 0 aromatic heterocycles. The smallest absolute Gasteiger partial charge is 0.245 e. The van der Waals surface area contributed by atoms with Crippen molar-refractivity contribution >= 4 is 23.2 Å². The molecule has 1 aliphatic rings. The summed E-state index contributed by atoms with van der Waals surface area (Å²) in [7, 11) is 0. The average Bonchev–Trinajstić information content (AvgIpc) is 2.66. The molecule has 98 valence electrons. The SMILES string of the molecule is CC(C)c1ccc(N2C[C@@H](CO)[C@@H](Cl)C2=O)cc1. The number of nitrogens with zero attached hydrogens (tertiary/aromatic N) is 1. The minimum atomic E-state index is -0.611.